The summed E-state index contributed by atoms with van der Waals surface area (Å²) in [6.45, 7) is 8.94. The first-order chi connectivity index (χ1) is 10.4. The summed E-state index contributed by atoms with van der Waals surface area (Å²) in [6, 6.07) is 5.83. The number of nitrogens with zero attached hydrogens (tertiary/aromatic N) is 3. The van der Waals surface area contributed by atoms with E-state index in [4.69, 9.17) is 16.3 Å². The molecule has 118 valence electrons. The van der Waals surface area contributed by atoms with E-state index in [1.54, 1.807) is 0 Å². The topological polar surface area (TPSA) is 38.2 Å². The van der Waals surface area contributed by atoms with Gasteiger partial charge < -0.3 is 4.74 Å². The van der Waals surface area contributed by atoms with Crippen molar-refractivity contribution in [2.45, 2.75) is 45.3 Å². The number of hydrogen-bond acceptors (Lipinski definition) is 4. The van der Waals surface area contributed by atoms with Crippen molar-refractivity contribution in [3.8, 4) is 5.75 Å². The van der Waals surface area contributed by atoms with Gasteiger partial charge in [0.15, 0.2) is 0 Å². The molecule has 1 fully saturated rings. The number of fused-ring (bicyclic) bond motifs is 1. The fraction of sp³-hybridized carbons (Fsp3) is 0.529. The second-order valence-corrected chi connectivity index (χ2v) is 7.18. The van der Waals surface area contributed by atoms with Crippen LogP contribution in [-0.4, -0.2) is 39.6 Å². The molecule has 0 radical (unpaired) electrons. The van der Waals surface area contributed by atoms with E-state index in [2.05, 4.69) is 35.6 Å². The van der Waals surface area contributed by atoms with Crippen molar-refractivity contribution in [2.75, 3.05) is 13.1 Å². The molecule has 0 aliphatic carbocycles. The lowest BCUT2D eigenvalue weighted by Crippen LogP contribution is -2.48. The quantitative estimate of drug-likeness (QED) is 0.786. The zero-order valence-corrected chi connectivity index (χ0v) is 14.1. The summed E-state index contributed by atoms with van der Waals surface area (Å²) in [5.74, 6) is 0.846. The maximum Gasteiger partial charge on any atom is 0.140 e. The van der Waals surface area contributed by atoms with Gasteiger partial charge in [-0.1, -0.05) is 11.6 Å². The highest BCUT2D eigenvalue weighted by molar-refractivity contribution is 6.34. The van der Waals surface area contributed by atoms with Crippen molar-refractivity contribution in [2.24, 2.45) is 0 Å². The standard InChI is InChI=1S/C17H22ClN3O/c1-17(2,3)21-8-6-12(7-9-21)22-13-4-5-15-14(10-13)16(18)20-11-19-15/h4-5,10-12H,6-9H2,1-3H3. The number of halogens is 1. The maximum atomic E-state index is 6.14. The van der Waals surface area contributed by atoms with E-state index in [-0.39, 0.29) is 11.6 Å². The molecule has 3 rings (SSSR count). The summed E-state index contributed by atoms with van der Waals surface area (Å²) < 4.78 is 6.14. The third kappa shape index (κ3) is 3.33. The summed E-state index contributed by atoms with van der Waals surface area (Å²) >= 11 is 6.13. The molecule has 1 aromatic heterocycles. The van der Waals surface area contributed by atoms with Crippen molar-refractivity contribution >= 4 is 22.5 Å². The molecule has 0 atom stereocenters. The van der Waals surface area contributed by atoms with Crippen LogP contribution in [0.3, 0.4) is 0 Å². The molecule has 0 N–H and O–H groups in total. The van der Waals surface area contributed by atoms with Crippen LogP contribution < -0.4 is 4.74 Å². The van der Waals surface area contributed by atoms with Crippen LogP contribution in [0.5, 0.6) is 5.75 Å². The van der Waals surface area contributed by atoms with E-state index in [0.29, 0.717) is 5.15 Å². The van der Waals surface area contributed by atoms with Gasteiger partial charge in [-0.2, -0.15) is 0 Å². The first-order valence-corrected chi connectivity index (χ1v) is 8.13. The van der Waals surface area contributed by atoms with Crippen LogP contribution in [0.15, 0.2) is 24.5 Å². The second kappa shape index (κ2) is 6.01. The van der Waals surface area contributed by atoms with Gasteiger partial charge in [0.2, 0.25) is 0 Å². The molecule has 0 amide bonds. The average molecular weight is 320 g/mol. The first-order valence-electron chi connectivity index (χ1n) is 7.75. The van der Waals surface area contributed by atoms with Gasteiger partial charge in [-0.3, -0.25) is 4.90 Å². The van der Waals surface area contributed by atoms with Gasteiger partial charge in [0.05, 0.1) is 5.52 Å². The van der Waals surface area contributed by atoms with Gasteiger partial charge >= 0.3 is 0 Å². The molecule has 4 nitrogen and oxygen atoms in total. The molecule has 1 aromatic carbocycles. The molecule has 2 aromatic rings. The van der Waals surface area contributed by atoms with E-state index in [1.165, 1.54) is 6.33 Å². The van der Waals surface area contributed by atoms with Crippen LogP contribution in [0.2, 0.25) is 5.15 Å². The molecule has 0 saturated carbocycles. The number of benzene rings is 1. The molecule has 0 spiro atoms. The van der Waals surface area contributed by atoms with E-state index in [0.717, 1.165) is 42.6 Å². The molecular formula is C17H22ClN3O. The van der Waals surface area contributed by atoms with E-state index in [1.807, 2.05) is 18.2 Å². The molecule has 22 heavy (non-hydrogen) atoms. The van der Waals surface area contributed by atoms with E-state index >= 15 is 0 Å². The van der Waals surface area contributed by atoms with Crippen LogP contribution in [0, 0.1) is 0 Å². The lowest BCUT2D eigenvalue weighted by atomic mass is 9.99. The molecule has 5 heteroatoms. The molecule has 0 bridgehead atoms. The summed E-state index contributed by atoms with van der Waals surface area (Å²) in [4.78, 5) is 10.7. The molecule has 1 saturated heterocycles. The number of piperidine rings is 1. The zero-order valence-electron chi connectivity index (χ0n) is 13.3. The Morgan fingerprint density at radius 3 is 2.59 bits per heavy atom. The highest BCUT2D eigenvalue weighted by atomic mass is 35.5. The third-order valence-electron chi connectivity index (χ3n) is 4.25. The summed E-state index contributed by atoms with van der Waals surface area (Å²) in [6.07, 6.45) is 3.84. The number of ether oxygens (including phenoxy) is 1. The second-order valence-electron chi connectivity index (χ2n) is 6.82. The molecule has 1 aliphatic heterocycles. The van der Waals surface area contributed by atoms with Crippen molar-refractivity contribution in [1.29, 1.82) is 0 Å². The predicted octanol–water partition coefficient (Wildman–Crippen LogP) is 3.92. The Kier molecular flexibility index (Phi) is 4.24. The molecule has 2 heterocycles. The molecular weight excluding hydrogens is 298 g/mol. The Morgan fingerprint density at radius 2 is 1.91 bits per heavy atom. The van der Waals surface area contributed by atoms with Crippen molar-refractivity contribution in [3.05, 3.63) is 29.7 Å². The number of likely N-dealkylation sites (tertiary alicyclic amines) is 1. The fourth-order valence-corrected chi connectivity index (χ4v) is 3.11. The summed E-state index contributed by atoms with van der Waals surface area (Å²) in [5, 5.41) is 1.31. The van der Waals surface area contributed by atoms with E-state index < -0.39 is 0 Å². The van der Waals surface area contributed by atoms with Crippen molar-refractivity contribution in [1.82, 2.24) is 14.9 Å². The highest BCUT2D eigenvalue weighted by Gasteiger charge is 2.27. The molecule has 0 unspecified atom stereocenters. The molecule has 1 aliphatic rings. The normalized spacial score (nSPS) is 17.8. The van der Waals surface area contributed by atoms with Crippen LogP contribution in [0.25, 0.3) is 10.9 Å². The van der Waals surface area contributed by atoms with E-state index in [9.17, 15) is 0 Å². The predicted molar refractivity (Wildman–Crippen MR) is 89.5 cm³/mol. The maximum absolute atomic E-state index is 6.14. The SMILES string of the molecule is CC(C)(C)N1CCC(Oc2ccc3ncnc(Cl)c3c2)CC1. The van der Waals surface area contributed by atoms with Crippen LogP contribution in [0.1, 0.15) is 33.6 Å². The van der Waals surface area contributed by atoms with Gasteiger partial charge in [0, 0.05) is 24.0 Å². The fourth-order valence-electron chi connectivity index (χ4n) is 2.91. The smallest absolute Gasteiger partial charge is 0.140 e. The lowest BCUT2D eigenvalue weighted by Gasteiger charge is -2.40. The number of aromatic nitrogens is 2. The van der Waals surface area contributed by atoms with Crippen molar-refractivity contribution in [3.63, 3.8) is 0 Å². The largest absolute Gasteiger partial charge is 0.490 e. The number of rotatable bonds is 2. The van der Waals surface area contributed by atoms with Crippen LogP contribution in [0.4, 0.5) is 0 Å². The van der Waals surface area contributed by atoms with Crippen LogP contribution >= 0.6 is 11.6 Å². The zero-order chi connectivity index (χ0) is 15.7. The van der Waals surface area contributed by atoms with Gasteiger partial charge in [0.25, 0.3) is 0 Å². The van der Waals surface area contributed by atoms with Gasteiger partial charge in [-0.05, 0) is 51.8 Å². The first kappa shape index (κ1) is 15.5. The average Bonchev–Trinajstić information content (AvgIpc) is 2.48. The van der Waals surface area contributed by atoms with Crippen LogP contribution in [-0.2, 0) is 0 Å². The highest BCUT2D eigenvalue weighted by Crippen LogP contribution is 2.27. The third-order valence-corrected chi connectivity index (χ3v) is 4.55. The Bertz CT molecular complexity index is 660. The van der Waals surface area contributed by atoms with Crippen molar-refractivity contribution < 1.29 is 4.74 Å². The minimum Gasteiger partial charge on any atom is -0.490 e. The Balaban J connectivity index is 1.68. The Labute approximate surface area is 136 Å². The Hall–Kier alpha value is -1.39. The number of hydrogen-bond donors (Lipinski definition) is 0. The van der Waals surface area contributed by atoms with Gasteiger partial charge in [0.1, 0.15) is 23.3 Å². The Morgan fingerprint density at radius 1 is 1.18 bits per heavy atom. The summed E-state index contributed by atoms with van der Waals surface area (Å²) in [7, 11) is 0. The van der Waals surface area contributed by atoms with Gasteiger partial charge in [-0.15, -0.1) is 0 Å². The minimum atomic E-state index is 0.235. The minimum absolute atomic E-state index is 0.235. The van der Waals surface area contributed by atoms with Gasteiger partial charge in [-0.25, -0.2) is 9.97 Å². The lowest BCUT2D eigenvalue weighted by molar-refractivity contribution is 0.0492. The monoisotopic (exact) mass is 319 g/mol. The summed E-state index contributed by atoms with van der Waals surface area (Å²) in [5.41, 5.74) is 1.08.